The molecule has 0 saturated carbocycles. The molecule has 1 heterocycles. The van der Waals surface area contributed by atoms with E-state index >= 15 is 0 Å². The number of ketones is 1. The average molecular weight is 170 g/mol. The number of hydrogen-bond donors (Lipinski definition) is 1. The Bertz CT molecular complexity index is 206. The van der Waals surface area contributed by atoms with Gasteiger partial charge < -0.3 is 9.84 Å². The Labute approximate surface area is 72.0 Å². The Balaban J connectivity index is 2.57. The van der Waals surface area contributed by atoms with Gasteiger partial charge in [0.05, 0.1) is 6.61 Å². The smallest absolute Gasteiger partial charge is 0.225 e. The van der Waals surface area contributed by atoms with Crippen LogP contribution >= 0.6 is 0 Å². The van der Waals surface area contributed by atoms with Gasteiger partial charge in [-0.1, -0.05) is 13.8 Å². The third kappa shape index (κ3) is 1.85. The summed E-state index contributed by atoms with van der Waals surface area (Å²) in [7, 11) is 0. The molecule has 1 atom stereocenters. The summed E-state index contributed by atoms with van der Waals surface area (Å²) in [6.07, 6.45) is 1.58. The standard InChI is InChI=1S/C9H14O3/c1-6(2)8(10)9(11)7-4-3-5-12-7/h4,6,8,10H,3,5H2,1-2H3. The molecule has 1 unspecified atom stereocenters. The summed E-state index contributed by atoms with van der Waals surface area (Å²) in [5, 5.41) is 9.38. The molecule has 3 heteroatoms. The van der Waals surface area contributed by atoms with Crippen molar-refractivity contribution in [3.8, 4) is 0 Å². The van der Waals surface area contributed by atoms with Crippen molar-refractivity contribution in [2.45, 2.75) is 26.4 Å². The van der Waals surface area contributed by atoms with Gasteiger partial charge in [0.2, 0.25) is 5.78 Å². The summed E-state index contributed by atoms with van der Waals surface area (Å²) in [5.41, 5.74) is 0. The summed E-state index contributed by atoms with van der Waals surface area (Å²) in [4.78, 5) is 11.3. The van der Waals surface area contributed by atoms with Crippen LogP contribution in [0.15, 0.2) is 11.8 Å². The number of hydrogen-bond acceptors (Lipinski definition) is 3. The molecule has 1 aliphatic heterocycles. The van der Waals surface area contributed by atoms with Gasteiger partial charge in [0.1, 0.15) is 6.10 Å². The van der Waals surface area contributed by atoms with Crippen molar-refractivity contribution >= 4 is 5.78 Å². The van der Waals surface area contributed by atoms with Gasteiger partial charge >= 0.3 is 0 Å². The third-order valence-corrected chi connectivity index (χ3v) is 1.85. The molecule has 0 radical (unpaired) electrons. The van der Waals surface area contributed by atoms with E-state index in [4.69, 9.17) is 4.74 Å². The predicted molar refractivity (Wildman–Crippen MR) is 44.5 cm³/mol. The minimum atomic E-state index is -0.922. The number of ether oxygens (including phenoxy) is 1. The van der Waals surface area contributed by atoms with Crippen molar-refractivity contribution in [2.24, 2.45) is 5.92 Å². The minimum absolute atomic E-state index is 0.0531. The van der Waals surface area contributed by atoms with Crippen LogP contribution in [0.1, 0.15) is 20.3 Å². The zero-order valence-corrected chi connectivity index (χ0v) is 7.41. The van der Waals surface area contributed by atoms with Gasteiger partial charge in [0, 0.05) is 6.42 Å². The van der Waals surface area contributed by atoms with Crippen LogP contribution in [0.25, 0.3) is 0 Å². The number of carbonyl (C=O) groups excluding carboxylic acids is 1. The molecule has 0 fully saturated rings. The zero-order chi connectivity index (χ0) is 9.14. The SMILES string of the molecule is CC(C)C(O)C(=O)C1=CCCO1. The molecule has 0 spiro atoms. The Morgan fingerprint density at radius 3 is 2.75 bits per heavy atom. The maximum Gasteiger partial charge on any atom is 0.225 e. The van der Waals surface area contributed by atoms with Gasteiger partial charge in [-0.3, -0.25) is 4.79 Å². The Morgan fingerprint density at radius 2 is 2.33 bits per heavy atom. The number of carbonyl (C=O) groups is 1. The molecule has 0 aromatic carbocycles. The zero-order valence-electron chi connectivity index (χ0n) is 7.41. The molecule has 12 heavy (non-hydrogen) atoms. The van der Waals surface area contributed by atoms with E-state index in [1.807, 2.05) is 0 Å². The normalized spacial score (nSPS) is 18.8. The highest BCUT2D eigenvalue weighted by molar-refractivity contribution is 5.97. The molecule has 0 saturated heterocycles. The second kappa shape index (κ2) is 3.72. The highest BCUT2D eigenvalue weighted by atomic mass is 16.5. The molecule has 68 valence electrons. The lowest BCUT2D eigenvalue weighted by Crippen LogP contribution is -2.27. The third-order valence-electron chi connectivity index (χ3n) is 1.85. The molecule has 0 aromatic heterocycles. The van der Waals surface area contributed by atoms with E-state index in [1.54, 1.807) is 19.9 Å². The van der Waals surface area contributed by atoms with Crippen molar-refractivity contribution in [3.05, 3.63) is 11.8 Å². The van der Waals surface area contributed by atoms with Crippen molar-refractivity contribution in [3.63, 3.8) is 0 Å². The Kier molecular flexibility index (Phi) is 2.87. The molecular formula is C9H14O3. The fraction of sp³-hybridized carbons (Fsp3) is 0.667. The first-order valence-electron chi connectivity index (χ1n) is 4.18. The Morgan fingerprint density at radius 1 is 1.67 bits per heavy atom. The fourth-order valence-electron chi connectivity index (χ4n) is 1.04. The van der Waals surface area contributed by atoms with Crippen LogP contribution in [0.2, 0.25) is 0 Å². The summed E-state index contributed by atoms with van der Waals surface area (Å²) in [5.74, 6) is -0.0127. The first-order valence-corrected chi connectivity index (χ1v) is 4.18. The van der Waals surface area contributed by atoms with Gasteiger partial charge in [-0.15, -0.1) is 0 Å². The van der Waals surface area contributed by atoms with Crippen LogP contribution in [0.3, 0.4) is 0 Å². The van der Waals surface area contributed by atoms with E-state index in [2.05, 4.69) is 0 Å². The number of aliphatic hydroxyl groups is 1. The molecule has 1 N–H and O–H groups in total. The summed E-state index contributed by atoms with van der Waals surface area (Å²) >= 11 is 0. The van der Waals surface area contributed by atoms with E-state index in [-0.39, 0.29) is 11.7 Å². The van der Waals surface area contributed by atoms with Gasteiger partial charge in [-0.2, -0.15) is 0 Å². The quantitative estimate of drug-likeness (QED) is 0.683. The first-order chi connectivity index (χ1) is 5.63. The predicted octanol–water partition coefficient (Wildman–Crippen LogP) is 0.877. The Hall–Kier alpha value is -0.830. The van der Waals surface area contributed by atoms with Crippen LogP contribution in [-0.2, 0) is 9.53 Å². The topological polar surface area (TPSA) is 46.5 Å². The summed E-state index contributed by atoms with van der Waals surface area (Å²) in [6.45, 7) is 4.17. The van der Waals surface area contributed by atoms with Crippen LogP contribution in [0, 0.1) is 5.92 Å². The number of aliphatic hydroxyl groups excluding tert-OH is 1. The second-order valence-corrected chi connectivity index (χ2v) is 3.26. The molecule has 3 nitrogen and oxygen atoms in total. The van der Waals surface area contributed by atoms with Crippen LogP contribution in [0.5, 0.6) is 0 Å². The number of rotatable bonds is 3. The fourth-order valence-corrected chi connectivity index (χ4v) is 1.04. The van der Waals surface area contributed by atoms with Gasteiger partial charge in [-0.05, 0) is 12.0 Å². The maximum absolute atomic E-state index is 11.3. The molecule has 0 amide bonds. The molecule has 1 rings (SSSR count). The molecule has 0 bridgehead atoms. The van der Waals surface area contributed by atoms with E-state index in [9.17, 15) is 9.90 Å². The van der Waals surface area contributed by atoms with Crippen LogP contribution in [-0.4, -0.2) is 23.6 Å². The number of Topliss-reactive ketones (excluding diaryl/α,β-unsaturated/α-hetero) is 1. The van der Waals surface area contributed by atoms with Gasteiger partial charge in [-0.25, -0.2) is 0 Å². The largest absolute Gasteiger partial charge is 0.490 e. The van der Waals surface area contributed by atoms with Crippen molar-refractivity contribution in [2.75, 3.05) is 6.61 Å². The van der Waals surface area contributed by atoms with Gasteiger partial charge in [0.15, 0.2) is 5.76 Å². The summed E-state index contributed by atoms with van der Waals surface area (Å²) in [6, 6.07) is 0. The van der Waals surface area contributed by atoms with Crippen LogP contribution in [0.4, 0.5) is 0 Å². The lowest BCUT2D eigenvalue weighted by molar-refractivity contribution is -0.128. The minimum Gasteiger partial charge on any atom is -0.490 e. The van der Waals surface area contributed by atoms with E-state index in [1.165, 1.54) is 0 Å². The molecule has 1 aliphatic rings. The molecule has 0 aromatic rings. The highest BCUT2D eigenvalue weighted by Gasteiger charge is 2.25. The van der Waals surface area contributed by atoms with E-state index in [0.29, 0.717) is 12.4 Å². The monoisotopic (exact) mass is 170 g/mol. The van der Waals surface area contributed by atoms with Crippen molar-refractivity contribution in [1.29, 1.82) is 0 Å². The highest BCUT2D eigenvalue weighted by Crippen LogP contribution is 2.15. The van der Waals surface area contributed by atoms with Gasteiger partial charge in [0.25, 0.3) is 0 Å². The first kappa shape index (κ1) is 9.26. The lowest BCUT2D eigenvalue weighted by atomic mass is 10.0. The van der Waals surface area contributed by atoms with Crippen molar-refractivity contribution < 1.29 is 14.6 Å². The molecular weight excluding hydrogens is 156 g/mol. The molecule has 0 aliphatic carbocycles. The second-order valence-electron chi connectivity index (χ2n) is 3.26. The maximum atomic E-state index is 11.3. The van der Waals surface area contributed by atoms with E-state index in [0.717, 1.165) is 6.42 Å². The lowest BCUT2D eigenvalue weighted by Gasteiger charge is -2.13. The van der Waals surface area contributed by atoms with Crippen LogP contribution < -0.4 is 0 Å². The van der Waals surface area contributed by atoms with E-state index < -0.39 is 6.10 Å². The summed E-state index contributed by atoms with van der Waals surface area (Å²) < 4.78 is 5.04. The van der Waals surface area contributed by atoms with Crippen molar-refractivity contribution in [1.82, 2.24) is 0 Å². The average Bonchev–Trinajstić information content (AvgIpc) is 2.53.